The molecule has 13 heavy (non-hydrogen) atoms. The van der Waals surface area contributed by atoms with E-state index in [0.29, 0.717) is 0 Å². The third-order valence-corrected chi connectivity index (χ3v) is 2.27. The standard InChI is InChI=1S/C10H13N3/c1-6-4-7(2)13-9(5-6)12-8(3)10(13)11/h4-5H,11H2,1-3H3. The summed E-state index contributed by atoms with van der Waals surface area (Å²) < 4.78 is 1.97. The lowest BCUT2D eigenvalue weighted by atomic mass is 10.2. The highest BCUT2D eigenvalue weighted by molar-refractivity contribution is 5.55. The van der Waals surface area contributed by atoms with Gasteiger partial charge in [0.15, 0.2) is 0 Å². The van der Waals surface area contributed by atoms with Crippen molar-refractivity contribution in [3.05, 3.63) is 29.1 Å². The molecule has 0 aliphatic carbocycles. The monoisotopic (exact) mass is 175 g/mol. The van der Waals surface area contributed by atoms with Gasteiger partial charge in [-0.15, -0.1) is 0 Å². The first kappa shape index (κ1) is 8.10. The van der Waals surface area contributed by atoms with Crippen LogP contribution in [0.1, 0.15) is 17.0 Å². The van der Waals surface area contributed by atoms with Gasteiger partial charge in [-0.2, -0.15) is 0 Å². The Hall–Kier alpha value is -1.51. The van der Waals surface area contributed by atoms with Crippen LogP contribution in [0.4, 0.5) is 5.82 Å². The number of fused-ring (bicyclic) bond motifs is 1. The molecule has 2 rings (SSSR count). The lowest BCUT2D eigenvalue weighted by molar-refractivity contribution is 1.09. The summed E-state index contributed by atoms with van der Waals surface area (Å²) in [5.41, 5.74) is 10.1. The molecule has 0 spiro atoms. The minimum absolute atomic E-state index is 0.743. The number of aryl methyl sites for hydroxylation is 3. The van der Waals surface area contributed by atoms with E-state index in [1.807, 2.05) is 24.3 Å². The van der Waals surface area contributed by atoms with Crippen LogP contribution < -0.4 is 5.73 Å². The third-order valence-electron chi connectivity index (χ3n) is 2.27. The minimum Gasteiger partial charge on any atom is -0.383 e. The van der Waals surface area contributed by atoms with Gasteiger partial charge in [0, 0.05) is 5.69 Å². The smallest absolute Gasteiger partial charge is 0.139 e. The maximum Gasteiger partial charge on any atom is 0.139 e. The minimum atomic E-state index is 0.743. The Balaban J connectivity index is 2.94. The maximum atomic E-state index is 5.89. The van der Waals surface area contributed by atoms with Crippen molar-refractivity contribution >= 4 is 11.5 Å². The normalized spacial score (nSPS) is 11.0. The van der Waals surface area contributed by atoms with E-state index in [1.165, 1.54) is 5.56 Å². The molecule has 0 saturated heterocycles. The zero-order valence-corrected chi connectivity index (χ0v) is 8.13. The zero-order valence-electron chi connectivity index (χ0n) is 8.13. The molecule has 0 aromatic carbocycles. The van der Waals surface area contributed by atoms with Gasteiger partial charge in [0.1, 0.15) is 11.5 Å². The van der Waals surface area contributed by atoms with Crippen LogP contribution in [-0.2, 0) is 0 Å². The first-order valence-electron chi connectivity index (χ1n) is 4.31. The van der Waals surface area contributed by atoms with Gasteiger partial charge in [0.25, 0.3) is 0 Å². The molecule has 68 valence electrons. The van der Waals surface area contributed by atoms with Gasteiger partial charge in [0.2, 0.25) is 0 Å². The van der Waals surface area contributed by atoms with Crippen LogP contribution in [0.15, 0.2) is 12.1 Å². The molecule has 0 bridgehead atoms. The quantitative estimate of drug-likeness (QED) is 0.664. The van der Waals surface area contributed by atoms with E-state index in [2.05, 4.69) is 18.0 Å². The number of nitrogen functional groups attached to an aromatic ring is 1. The highest BCUT2D eigenvalue weighted by atomic mass is 15.1. The number of nitrogens with zero attached hydrogens (tertiary/aromatic N) is 2. The van der Waals surface area contributed by atoms with Crippen molar-refractivity contribution in [2.24, 2.45) is 0 Å². The van der Waals surface area contributed by atoms with Crippen molar-refractivity contribution in [3.8, 4) is 0 Å². The Morgan fingerprint density at radius 1 is 1.23 bits per heavy atom. The number of anilines is 1. The fourth-order valence-corrected chi connectivity index (χ4v) is 1.67. The summed E-state index contributed by atoms with van der Waals surface area (Å²) in [6.07, 6.45) is 0. The molecule has 0 unspecified atom stereocenters. The van der Waals surface area contributed by atoms with Crippen LogP contribution in [0.2, 0.25) is 0 Å². The van der Waals surface area contributed by atoms with Gasteiger partial charge < -0.3 is 5.73 Å². The number of nitrogens with two attached hydrogens (primary N) is 1. The Morgan fingerprint density at radius 2 is 1.92 bits per heavy atom. The summed E-state index contributed by atoms with van der Waals surface area (Å²) >= 11 is 0. The van der Waals surface area contributed by atoms with E-state index in [9.17, 15) is 0 Å². The Morgan fingerprint density at radius 3 is 2.62 bits per heavy atom. The van der Waals surface area contributed by atoms with E-state index in [1.54, 1.807) is 0 Å². The van der Waals surface area contributed by atoms with E-state index < -0.39 is 0 Å². The number of hydrogen-bond acceptors (Lipinski definition) is 2. The lowest BCUT2D eigenvalue weighted by Gasteiger charge is -2.02. The van der Waals surface area contributed by atoms with Crippen LogP contribution in [0.3, 0.4) is 0 Å². The van der Waals surface area contributed by atoms with Crippen molar-refractivity contribution in [1.29, 1.82) is 0 Å². The predicted octanol–water partition coefficient (Wildman–Crippen LogP) is 1.84. The fourth-order valence-electron chi connectivity index (χ4n) is 1.67. The highest BCUT2D eigenvalue weighted by Gasteiger charge is 2.06. The molecule has 3 heteroatoms. The number of pyridine rings is 1. The molecule has 0 amide bonds. The third kappa shape index (κ3) is 1.08. The van der Waals surface area contributed by atoms with Crippen molar-refractivity contribution in [1.82, 2.24) is 9.38 Å². The molecule has 0 aliphatic heterocycles. The Bertz CT molecular complexity index is 468. The summed E-state index contributed by atoms with van der Waals surface area (Å²) in [5.74, 6) is 0.743. The molecule has 3 nitrogen and oxygen atoms in total. The summed E-state index contributed by atoms with van der Waals surface area (Å²) in [6, 6.07) is 4.14. The maximum absolute atomic E-state index is 5.89. The molecule has 0 aliphatic rings. The predicted molar refractivity (Wildman–Crippen MR) is 53.8 cm³/mol. The molecule has 2 aromatic heterocycles. The van der Waals surface area contributed by atoms with Gasteiger partial charge in [-0.1, -0.05) is 0 Å². The van der Waals surface area contributed by atoms with Crippen LogP contribution >= 0.6 is 0 Å². The van der Waals surface area contributed by atoms with Crippen LogP contribution in [0.5, 0.6) is 0 Å². The molecule has 0 fully saturated rings. The van der Waals surface area contributed by atoms with Gasteiger partial charge in [-0.25, -0.2) is 4.98 Å². The SMILES string of the molecule is Cc1cc(C)n2c(N)c(C)nc2c1. The summed E-state index contributed by atoms with van der Waals surface area (Å²) in [6.45, 7) is 6.03. The van der Waals surface area contributed by atoms with E-state index in [0.717, 1.165) is 22.9 Å². The van der Waals surface area contributed by atoms with Crippen molar-refractivity contribution in [2.75, 3.05) is 5.73 Å². The highest BCUT2D eigenvalue weighted by Crippen LogP contribution is 2.17. The molecule has 2 heterocycles. The van der Waals surface area contributed by atoms with Crippen molar-refractivity contribution in [3.63, 3.8) is 0 Å². The van der Waals surface area contributed by atoms with Crippen LogP contribution in [0.25, 0.3) is 5.65 Å². The molecule has 2 N–H and O–H groups in total. The average molecular weight is 175 g/mol. The van der Waals surface area contributed by atoms with Gasteiger partial charge in [0.05, 0.1) is 5.69 Å². The average Bonchev–Trinajstić information content (AvgIpc) is 2.27. The lowest BCUT2D eigenvalue weighted by Crippen LogP contribution is -1.98. The second kappa shape index (κ2) is 2.49. The first-order valence-corrected chi connectivity index (χ1v) is 4.31. The topological polar surface area (TPSA) is 43.3 Å². The molecule has 2 aromatic rings. The molecule has 0 radical (unpaired) electrons. The summed E-state index contributed by atoms with van der Waals surface area (Å²) in [7, 11) is 0. The number of hydrogen-bond donors (Lipinski definition) is 1. The van der Waals surface area contributed by atoms with E-state index >= 15 is 0 Å². The van der Waals surface area contributed by atoms with Crippen LogP contribution in [0, 0.1) is 20.8 Å². The molecule has 0 saturated carbocycles. The first-order chi connectivity index (χ1) is 6.09. The summed E-state index contributed by atoms with van der Waals surface area (Å²) in [5, 5.41) is 0. The second-order valence-corrected chi connectivity index (χ2v) is 3.45. The van der Waals surface area contributed by atoms with Gasteiger partial charge in [-0.05, 0) is 38.5 Å². The Labute approximate surface area is 77.2 Å². The number of imidazole rings is 1. The zero-order chi connectivity index (χ0) is 9.59. The fraction of sp³-hybridized carbons (Fsp3) is 0.300. The largest absolute Gasteiger partial charge is 0.383 e. The number of rotatable bonds is 0. The van der Waals surface area contributed by atoms with E-state index in [-0.39, 0.29) is 0 Å². The van der Waals surface area contributed by atoms with Gasteiger partial charge >= 0.3 is 0 Å². The molecular weight excluding hydrogens is 162 g/mol. The van der Waals surface area contributed by atoms with Crippen molar-refractivity contribution < 1.29 is 0 Å². The second-order valence-electron chi connectivity index (χ2n) is 3.45. The molecule has 0 atom stereocenters. The number of aromatic nitrogens is 2. The van der Waals surface area contributed by atoms with Gasteiger partial charge in [-0.3, -0.25) is 4.40 Å². The van der Waals surface area contributed by atoms with E-state index in [4.69, 9.17) is 5.73 Å². The van der Waals surface area contributed by atoms with Crippen molar-refractivity contribution in [2.45, 2.75) is 20.8 Å². The molecular formula is C10H13N3. The summed E-state index contributed by atoms with van der Waals surface area (Å²) in [4.78, 5) is 4.37. The van der Waals surface area contributed by atoms with Crippen LogP contribution in [-0.4, -0.2) is 9.38 Å². The Kier molecular flexibility index (Phi) is 1.55.